The second-order valence-corrected chi connectivity index (χ2v) is 3.97. The lowest BCUT2D eigenvalue weighted by molar-refractivity contribution is -0.384. The number of benzene rings is 1. The summed E-state index contributed by atoms with van der Waals surface area (Å²) >= 11 is 0. The molecule has 18 heavy (non-hydrogen) atoms. The summed E-state index contributed by atoms with van der Waals surface area (Å²) in [6.45, 7) is 1.99. The first-order valence-electron chi connectivity index (χ1n) is 5.51. The van der Waals surface area contributed by atoms with Crippen LogP contribution in [0.5, 0.6) is 0 Å². The van der Waals surface area contributed by atoms with Gasteiger partial charge < -0.3 is 5.32 Å². The molecule has 0 saturated carbocycles. The van der Waals surface area contributed by atoms with Crippen molar-refractivity contribution in [1.82, 2.24) is 4.98 Å². The molecule has 0 bridgehead atoms. The molecular weight excluding hydrogens is 230 g/mol. The molecule has 5 heteroatoms. The van der Waals surface area contributed by atoms with E-state index in [1.54, 1.807) is 7.05 Å². The van der Waals surface area contributed by atoms with Crippen LogP contribution in [0, 0.1) is 17.0 Å². The zero-order valence-electron chi connectivity index (χ0n) is 10.2. The molecule has 0 atom stereocenters. The highest BCUT2D eigenvalue weighted by Crippen LogP contribution is 2.25. The zero-order valence-corrected chi connectivity index (χ0v) is 10.2. The molecule has 0 fully saturated rings. The van der Waals surface area contributed by atoms with Gasteiger partial charge in [-0.1, -0.05) is 29.8 Å². The molecule has 1 N–H and O–H groups in total. The van der Waals surface area contributed by atoms with Crippen LogP contribution in [0.2, 0.25) is 0 Å². The van der Waals surface area contributed by atoms with Crippen LogP contribution in [-0.2, 0) is 0 Å². The minimum atomic E-state index is -0.416. The van der Waals surface area contributed by atoms with E-state index < -0.39 is 4.92 Å². The summed E-state index contributed by atoms with van der Waals surface area (Å²) in [4.78, 5) is 14.8. The van der Waals surface area contributed by atoms with Crippen molar-refractivity contribution >= 4 is 11.5 Å². The van der Waals surface area contributed by atoms with Crippen LogP contribution >= 0.6 is 0 Å². The summed E-state index contributed by atoms with van der Waals surface area (Å²) in [6.07, 6.45) is 0. The average molecular weight is 243 g/mol. The SMILES string of the molecule is CNc1cc([N+](=O)[O-])cc(-c2ccc(C)cc2)n1. The van der Waals surface area contributed by atoms with Crippen molar-refractivity contribution in [3.63, 3.8) is 0 Å². The smallest absolute Gasteiger partial charge is 0.275 e. The molecule has 0 aliphatic carbocycles. The fraction of sp³-hybridized carbons (Fsp3) is 0.154. The molecule has 1 heterocycles. The van der Waals surface area contributed by atoms with Crippen molar-refractivity contribution in [2.75, 3.05) is 12.4 Å². The molecule has 0 amide bonds. The van der Waals surface area contributed by atoms with Gasteiger partial charge in [-0.15, -0.1) is 0 Å². The predicted octanol–water partition coefficient (Wildman–Crippen LogP) is 3.01. The van der Waals surface area contributed by atoms with E-state index in [0.29, 0.717) is 11.5 Å². The van der Waals surface area contributed by atoms with Crippen molar-refractivity contribution in [2.45, 2.75) is 6.92 Å². The van der Waals surface area contributed by atoms with E-state index in [0.717, 1.165) is 11.1 Å². The Hall–Kier alpha value is -2.43. The van der Waals surface area contributed by atoms with Gasteiger partial charge in [-0.2, -0.15) is 0 Å². The Labute approximate surface area is 105 Å². The third kappa shape index (κ3) is 2.45. The molecular formula is C13H13N3O2. The van der Waals surface area contributed by atoms with Gasteiger partial charge in [0.15, 0.2) is 0 Å². The van der Waals surface area contributed by atoms with E-state index in [9.17, 15) is 10.1 Å². The standard InChI is InChI=1S/C13H13N3O2/c1-9-3-5-10(6-4-9)12-7-11(16(17)18)8-13(14-2)15-12/h3-8H,1-2H3,(H,14,15). The normalized spacial score (nSPS) is 10.1. The first-order valence-corrected chi connectivity index (χ1v) is 5.51. The molecule has 0 aliphatic rings. The molecule has 0 aliphatic heterocycles. The van der Waals surface area contributed by atoms with Crippen molar-refractivity contribution in [3.8, 4) is 11.3 Å². The molecule has 1 aromatic carbocycles. The van der Waals surface area contributed by atoms with E-state index in [1.807, 2.05) is 31.2 Å². The maximum atomic E-state index is 10.9. The highest BCUT2D eigenvalue weighted by molar-refractivity contribution is 5.65. The van der Waals surface area contributed by atoms with Crippen LogP contribution in [-0.4, -0.2) is 17.0 Å². The molecule has 92 valence electrons. The minimum Gasteiger partial charge on any atom is -0.373 e. The molecule has 0 radical (unpaired) electrons. The van der Waals surface area contributed by atoms with Crippen molar-refractivity contribution < 1.29 is 4.92 Å². The first-order chi connectivity index (χ1) is 8.60. The third-order valence-corrected chi connectivity index (χ3v) is 2.62. The maximum Gasteiger partial charge on any atom is 0.275 e. The van der Waals surface area contributed by atoms with Gasteiger partial charge in [-0.05, 0) is 6.92 Å². The highest BCUT2D eigenvalue weighted by atomic mass is 16.6. The van der Waals surface area contributed by atoms with E-state index in [4.69, 9.17) is 0 Å². The number of hydrogen-bond acceptors (Lipinski definition) is 4. The molecule has 0 saturated heterocycles. The van der Waals surface area contributed by atoms with Gasteiger partial charge in [-0.3, -0.25) is 10.1 Å². The van der Waals surface area contributed by atoms with Crippen molar-refractivity contribution in [3.05, 3.63) is 52.1 Å². The number of aromatic nitrogens is 1. The van der Waals surface area contributed by atoms with E-state index in [-0.39, 0.29) is 5.69 Å². The molecule has 5 nitrogen and oxygen atoms in total. The maximum absolute atomic E-state index is 10.9. The largest absolute Gasteiger partial charge is 0.373 e. The number of hydrogen-bond donors (Lipinski definition) is 1. The number of rotatable bonds is 3. The second-order valence-electron chi connectivity index (χ2n) is 3.97. The van der Waals surface area contributed by atoms with Crippen LogP contribution in [0.25, 0.3) is 11.3 Å². The Morgan fingerprint density at radius 1 is 1.22 bits per heavy atom. The van der Waals surface area contributed by atoms with Crippen LogP contribution < -0.4 is 5.32 Å². The fourth-order valence-corrected chi connectivity index (χ4v) is 1.62. The lowest BCUT2D eigenvalue weighted by Gasteiger charge is -2.05. The molecule has 0 spiro atoms. The van der Waals surface area contributed by atoms with Gasteiger partial charge in [0, 0.05) is 18.7 Å². The number of nitrogens with one attached hydrogen (secondary N) is 1. The number of nitro groups is 1. The Bertz CT molecular complexity index is 579. The summed E-state index contributed by atoms with van der Waals surface area (Å²) in [5.41, 5.74) is 2.62. The van der Waals surface area contributed by atoms with Crippen LogP contribution in [0.1, 0.15) is 5.56 Å². The van der Waals surface area contributed by atoms with Gasteiger partial charge in [-0.25, -0.2) is 4.98 Å². The Kier molecular flexibility index (Phi) is 3.23. The number of nitrogens with zero attached hydrogens (tertiary/aromatic N) is 2. The summed E-state index contributed by atoms with van der Waals surface area (Å²) in [7, 11) is 1.69. The van der Waals surface area contributed by atoms with E-state index in [2.05, 4.69) is 10.3 Å². The zero-order chi connectivity index (χ0) is 13.1. The Morgan fingerprint density at radius 3 is 2.44 bits per heavy atom. The van der Waals surface area contributed by atoms with Gasteiger partial charge in [0.25, 0.3) is 5.69 Å². The average Bonchev–Trinajstić information content (AvgIpc) is 2.39. The van der Waals surface area contributed by atoms with Crippen LogP contribution in [0.15, 0.2) is 36.4 Å². The first kappa shape index (κ1) is 12.0. The minimum absolute atomic E-state index is 0.0323. The molecule has 1 aromatic heterocycles. The summed E-state index contributed by atoms with van der Waals surface area (Å²) < 4.78 is 0. The lowest BCUT2D eigenvalue weighted by atomic mass is 10.1. The van der Waals surface area contributed by atoms with Crippen molar-refractivity contribution in [2.24, 2.45) is 0 Å². The Balaban J connectivity index is 2.52. The van der Waals surface area contributed by atoms with Crippen molar-refractivity contribution in [1.29, 1.82) is 0 Å². The monoisotopic (exact) mass is 243 g/mol. The number of anilines is 1. The summed E-state index contributed by atoms with van der Waals surface area (Å²) in [5.74, 6) is 0.486. The van der Waals surface area contributed by atoms with Gasteiger partial charge in [0.1, 0.15) is 5.82 Å². The van der Waals surface area contributed by atoms with Gasteiger partial charge >= 0.3 is 0 Å². The predicted molar refractivity (Wildman–Crippen MR) is 70.6 cm³/mol. The highest BCUT2D eigenvalue weighted by Gasteiger charge is 2.11. The molecule has 0 unspecified atom stereocenters. The van der Waals surface area contributed by atoms with Crippen LogP contribution in [0.4, 0.5) is 11.5 Å². The second kappa shape index (κ2) is 4.83. The Morgan fingerprint density at radius 2 is 1.89 bits per heavy atom. The molecule has 2 aromatic rings. The third-order valence-electron chi connectivity index (χ3n) is 2.62. The van der Waals surface area contributed by atoms with E-state index in [1.165, 1.54) is 12.1 Å². The molecule has 2 rings (SSSR count). The lowest BCUT2D eigenvalue weighted by Crippen LogP contribution is -1.97. The quantitative estimate of drug-likeness (QED) is 0.664. The van der Waals surface area contributed by atoms with Gasteiger partial charge in [0.05, 0.1) is 16.7 Å². The topological polar surface area (TPSA) is 68.1 Å². The van der Waals surface area contributed by atoms with Gasteiger partial charge in [0.2, 0.25) is 0 Å². The summed E-state index contributed by atoms with van der Waals surface area (Å²) in [5, 5.41) is 13.7. The number of aryl methyl sites for hydroxylation is 1. The summed E-state index contributed by atoms with van der Waals surface area (Å²) in [6, 6.07) is 10.6. The van der Waals surface area contributed by atoms with E-state index >= 15 is 0 Å². The van der Waals surface area contributed by atoms with Crippen LogP contribution in [0.3, 0.4) is 0 Å². The fourth-order valence-electron chi connectivity index (χ4n) is 1.62. The number of pyridine rings is 1.